The summed E-state index contributed by atoms with van der Waals surface area (Å²) in [6, 6.07) is -0.338. The van der Waals surface area contributed by atoms with Crippen LogP contribution < -0.4 is 0 Å². The first-order valence-electron chi connectivity index (χ1n) is 3.76. The van der Waals surface area contributed by atoms with Gasteiger partial charge in [0, 0.05) is 12.0 Å². The van der Waals surface area contributed by atoms with Gasteiger partial charge in [-0.3, -0.25) is 0 Å². The van der Waals surface area contributed by atoms with Gasteiger partial charge in [-0.15, -0.1) is 0 Å². The summed E-state index contributed by atoms with van der Waals surface area (Å²) in [5, 5.41) is 8.78. The predicted molar refractivity (Wildman–Crippen MR) is 37.6 cm³/mol. The van der Waals surface area contributed by atoms with Crippen molar-refractivity contribution < 1.29 is 13.9 Å². The Morgan fingerprint density at radius 3 is 2.64 bits per heavy atom. The highest BCUT2D eigenvalue weighted by Gasteiger charge is 2.36. The van der Waals surface area contributed by atoms with Crippen LogP contribution in [-0.4, -0.2) is 42.7 Å². The van der Waals surface area contributed by atoms with Crippen molar-refractivity contribution in [1.82, 2.24) is 4.90 Å². The quantitative estimate of drug-likeness (QED) is 0.646. The zero-order valence-electron chi connectivity index (χ0n) is 6.50. The molecule has 0 aromatic rings. The fourth-order valence-electron chi connectivity index (χ4n) is 1.61. The lowest BCUT2D eigenvalue weighted by molar-refractivity contribution is 0.0381. The van der Waals surface area contributed by atoms with Crippen LogP contribution in [0, 0.1) is 5.92 Å². The van der Waals surface area contributed by atoms with Crippen LogP contribution in [0.2, 0.25) is 0 Å². The lowest BCUT2D eigenvalue weighted by atomic mass is 10.0. The molecule has 1 unspecified atom stereocenters. The van der Waals surface area contributed by atoms with Gasteiger partial charge in [0.15, 0.2) is 0 Å². The maximum absolute atomic E-state index is 12.2. The summed E-state index contributed by atoms with van der Waals surface area (Å²) in [6.45, 7) is 0.506. The van der Waals surface area contributed by atoms with Crippen LogP contribution >= 0.6 is 0 Å². The van der Waals surface area contributed by atoms with E-state index in [2.05, 4.69) is 0 Å². The molecule has 1 heterocycles. The third-order valence-electron chi connectivity index (χ3n) is 2.39. The van der Waals surface area contributed by atoms with E-state index < -0.39 is 12.3 Å². The minimum atomic E-state index is -2.29. The van der Waals surface area contributed by atoms with Gasteiger partial charge >= 0.3 is 0 Å². The Morgan fingerprint density at radius 1 is 1.64 bits per heavy atom. The minimum absolute atomic E-state index is 0.161. The number of hydrogen-bond acceptors (Lipinski definition) is 2. The molecule has 4 heteroatoms. The molecule has 2 atom stereocenters. The van der Waals surface area contributed by atoms with Crippen molar-refractivity contribution in [1.29, 1.82) is 0 Å². The molecule has 1 N–H and O–H groups in total. The van der Waals surface area contributed by atoms with Gasteiger partial charge in [-0.2, -0.15) is 0 Å². The summed E-state index contributed by atoms with van der Waals surface area (Å²) in [4.78, 5) is 1.79. The number of likely N-dealkylation sites (N-methyl/N-ethyl adjacent to an activating group) is 1. The van der Waals surface area contributed by atoms with Crippen molar-refractivity contribution in [2.45, 2.75) is 18.9 Å². The molecular weight excluding hydrogens is 152 g/mol. The highest BCUT2D eigenvalue weighted by Crippen LogP contribution is 2.27. The molecule has 1 fully saturated rings. The molecule has 0 saturated carbocycles. The smallest absolute Gasteiger partial charge is 0.243 e. The molecule has 66 valence electrons. The maximum Gasteiger partial charge on any atom is 0.243 e. The first kappa shape index (κ1) is 8.87. The average Bonchev–Trinajstić information content (AvgIpc) is 2.30. The zero-order valence-corrected chi connectivity index (χ0v) is 6.50. The van der Waals surface area contributed by atoms with Gasteiger partial charge in [-0.25, -0.2) is 8.78 Å². The average molecular weight is 165 g/mol. The Hall–Kier alpha value is -0.220. The minimum Gasteiger partial charge on any atom is -0.395 e. The fraction of sp³-hybridized carbons (Fsp3) is 1.00. The van der Waals surface area contributed by atoms with Gasteiger partial charge in [0.25, 0.3) is 0 Å². The molecule has 2 nitrogen and oxygen atoms in total. The molecule has 0 radical (unpaired) electrons. The molecule has 0 aliphatic carbocycles. The molecule has 1 rings (SSSR count). The van der Waals surface area contributed by atoms with Gasteiger partial charge in [0.1, 0.15) is 0 Å². The monoisotopic (exact) mass is 165 g/mol. The number of rotatable bonds is 2. The SMILES string of the molecule is CN1CCC(C(F)F)[C@H]1CO. The van der Waals surface area contributed by atoms with Crippen LogP contribution in [0.3, 0.4) is 0 Å². The predicted octanol–water partition coefficient (Wildman–Crippen LogP) is 0.564. The lowest BCUT2D eigenvalue weighted by Gasteiger charge is -2.21. The van der Waals surface area contributed by atoms with E-state index >= 15 is 0 Å². The summed E-state index contributed by atoms with van der Waals surface area (Å²) in [5.41, 5.74) is 0. The van der Waals surface area contributed by atoms with Crippen molar-refractivity contribution in [3.05, 3.63) is 0 Å². The highest BCUT2D eigenvalue weighted by atomic mass is 19.3. The molecule has 0 aromatic heterocycles. The van der Waals surface area contributed by atoms with Gasteiger partial charge in [0.05, 0.1) is 6.61 Å². The van der Waals surface area contributed by atoms with E-state index in [1.54, 1.807) is 11.9 Å². The molecule has 1 aliphatic rings. The largest absolute Gasteiger partial charge is 0.395 e. The van der Waals surface area contributed by atoms with Gasteiger partial charge in [0.2, 0.25) is 6.43 Å². The molecule has 0 aromatic carbocycles. The summed E-state index contributed by atoms with van der Waals surface area (Å²) in [6.07, 6.45) is -1.79. The van der Waals surface area contributed by atoms with E-state index in [0.29, 0.717) is 13.0 Å². The standard InChI is InChI=1S/C7H13F2NO/c1-10-3-2-5(7(8)9)6(10)4-11/h5-7,11H,2-4H2,1H3/t5?,6-/m1/s1. The maximum atomic E-state index is 12.2. The number of hydrogen-bond donors (Lipinski definition) is 1. The van der Waals surface area contributed by atoms with Crippen LogP contribution in [0.5, 0.6) is 0 Å². The van der Waals surface area contributed by atoms with Gasteiger partial charge < -0.3 is 10.0 Å². The first-order valence-corrected chi connectivity index (χ1v) is 3.76. The van der Waals surface area contributed by atoms with Crippen molar-refractivity contribution >= 4 is 0 Å². The second kappa shape index (κ2) is 3.45. The van der Waals surface area contributed by atoms with Gasteiger partial charge in [-0.1, -0.05) is 0 Å². The van der Waals surface area contributed by atoms with Crippen molar-refractivity contribution in [2.24, 2.45) is 5.92 Å². The molecule has 0 amide bonds. The summed E-state index contributed by atoms with van der Waals surface area (Å²) in [5.74, 6) is -0.634. The van der Waals surface area contributed by atoms with Crippen LogP contribution in [0.15, 0.2) is 0 Å². The second-order valence-electron chi connectivity index (χ2n) is 3.02. The Morgan fingerprint density at radius 2 is 2.27 bits per heavy atom. The second-order valence-corrected chi connectivity index (χ2v) is 3.02. The van der Waals surface area contributed by atoms with Crippen LogP contribution in [0.25, 0.3) is 0 Å². The summed E-state index contributed by atoms with van der Waals surface area (Å²) < 4.78 is 24.4. The lowest BCUT2D eigenvalue weighted by Crippen LogP contribution is -2.35. The molecule has 0 bridgehead atoms. The Kier molecular flexibility index (Phi) is 2.78. The topological polar surface area (TPSA) is 23.5 Å². The molecule has 1 aliphatic heterocycles. The van der Waals surface area contributed by atoms with Crippen LogP contribution in [0.4, 0.5) is 8.78 Å². The summed E-state index contributed by atoms with van der Waals surface area (Å²) in [7, 11) is 1.77. The van der Waals surface area contributed by atoms with Crippen LogP contribution in [-0.2, 0) is 0 Å². The number of nitrogens with zero attached hydrogens (tertiary/aromatic N) is 1. The third-order valence-corrected chi connectivity index (χ3v) is 2.39. The number of likely N-dealkylation sites (tertiary alicyclic amines) is 1. The van der Waals surface area contributed by atoms with Crippen molar-refractivity contribution in [3.8, 4) is 0 Å². The molecule has 1 saturated heterocycles. The van der Waals surface area contributed by atoms with E-state index in [4.69, 9.17) is 5.11 Å². The number of halogens is 2. The number of alkyl halides is 2. The van der Waals surface area contributed by atoms with E-state index in [-0.39, 0.29) is 12.6 Å². The van der Waals surface area contributed by atoms with Crippen LogP contribution in [0.1, 0.15) is 6.42 Å². The van der Waals surface area contributed by atoms with E-state index in [1.165, 1.54) is 0 Å². The third kappa shape index (κ3) is 1.68. The van der Waals surface area contributed by atoms with Crippen molar-refractivity contribution in [3.63, 3.8) is 0 Å². The number of aliphatic hydroxyl groups is 1. The normalized spacial score (nSPS) is 33.5. The van der Waals surface area contributed by atoms with E-state index in [9.17, 15) is 8.78 Å². The number of aliphatic hydroxyl groups excluding tert-OH is 1. The van der Waals surface area contributed by atoms with E-state index in [0.717, 1.165) is 0 Å². The van der Waals surface area contributed by atoms with E-state index in [1.807, 2.05) is 0 Å². The Balaban J connectivity index is 2.54. The zero-order chi connectivity index (χ0) is 8.43. The first-order chi connectivity index (χ1) is 5.16. The fourth-order valence-corrected chi connectivity index (χ4v) is 1.61. The molecular formula is C7H13F2NO. The Labute approximate surface area is 64.8 Å². The van der Waals surface area contributed by atoms with Gasteiger partial charge in [-0.05, 0) is 20.0 Å². The highest BCUT2D eigenvalue weighted by molar-refractivity contribution is 4.85. The Bertz CT molecular complexity index is 132. The molecule has 11 heavy (non-hydrogen) atoms. The summed E-state index contributed by atoms with van der Waals surface area (Å²) >= 11 is 0. The van der Waals surface area contributed by atoms with Crippen molar-refractivity contribution in [2.75, 3.05) is 20.2 Å². The molecule has 0 spiro atoms.